The predicted molar refractivity (Wildman–Crippen MR) is 232 cm³/mol. The zero-order valence-corrected chi connectivity index (χ0v) is 35.3. The number of aryl methyl sites for hydroxylation is 2. The zero-order chi connectivity index (χ0) is 41.1. The van der Waals surface area contributed by atoms with Crippen LogP contribution >= 0.6 is 45.9 Å². The number of pyridine rings is 2. The number of fused-ring (bicyclic) bond motifs is 8. The SMILES string of the molecule is C[C@@H]1COCCN1C(=O)[C@H]1CCc2c(sc3ncnc(Nc4cc5ccnn5cc4Cl)c23)C1.O=C(O)[C@H]1CCc2c(sc3ncnc(Nc4cc5ccnn5cc4Cl)c23)C1. The molecule has 3 aliphatic rings. The molecule has 11 rings (SSSR count). The Hall–Kier alpha value is -5.46. The molecule has 0 radical (unpaired) electrons. The summed E-state index contributed by atoms with van der Waals surface area (Å²) in [6, 6.07) is 7.84. The van der Waals surface area contributed by atoms with Gasteiger partial charge in [-0.3, -0.25) is 9.59 Å². The molecule has 1 amide bonds. The molecule has 0 saturated carbocycles. The van der Waals surface area contributed by atoms with Crippen LogP contribution in [0.25, 0.3) is 31.5 Å². The van der Waals surface area contributed by atoms with E-state index in [1.807, 2.05) is 29.2 Å². The van der Waals surface area contributed by atoms with Gasteiger partial charge in [-0.05, 0) is 80.8 Å². The lowest BCUT2D eigenvalue weighted by atomic mass is 9.86. The number of nitrogens with one attached hydrogen (secondary N) is 2. The second-order valence-electron chi connectivity index (χ2n) is 15.2. The third-order valence-electron chi connectivity index (χ3n) is 11.5. The van der Waals surface area contributed by atoms with Gasteiger partial charge >= 0.3 is 5.97 Å². The van der Waals surface area contributed by atoms with Crippen LogP contribution in [0.3, 0.4) is 0 Å². The summed E-state index contributed by atoms with van der Waals surface area (Å²) < 4.78 is 8.95. The number of halogens is 2. The van der Waals surface area contributed by atoms with Gasteiger partial charge in [-0.25, -0.2) is 29.0 Å². The zero-order valence-electron chi connectivity index (χ0n) is 32.1. The van der Waals surface area contributed by atoms with Crippen molar-refractivity contribution in [2.45, 2.75) is 51.5 Å². The first-order valence-electron chi connectivity index (χ1n) is 19.6. The van der Waals surface area contributed by atoms with Crippen molar-refractivity contribution in [2.75, 3.05) is 30.4 Å². The molecule has 0 aromatic carbocycles. The summed E-state index contributed by atoms with van der Waals surface area (Å²) in [6.07, 6.45) is 14.4. The van der Waals surface area contributed by atoms with Gasteiger partial charge in [-0.1, -0.05) is 23.2 Å². The minimum atomic E-state index is -0.733. The minimum absolute atomic E-state index is 0.00852. The third-order valence-corrected chi connectivity index (χ3v) is 14.4. The molecule has 3 N–H and O–H groups in total. The molecular weight excluding hydrogens is 846 g/mol. The molecule has 2 aliphatic carbocycles. The molecular formula is C41H37Cl2N11O4S2. The molecule has 306 valence electrons. The molecule has 8 aromatic heterocycles. The molecule has 15 nitrogen and oxygen atoms in total. The Morgan fingerprint density at radius 2 is 1.33 bits per heavy atom. The van der Waals surface area contributed by atoms with Crippen molar-refractivity contribution >= 4 is 112 Å². The van der Waals surface area contributed by atoms with E-state index in [0.29, 0.717) is 54.9 Å². The molecule has 3 atom stereocenters. The highest BCUT2D eigenvalue weighted by Crippen LogP contribution is 2.43. The lowest BCUT2D eigenvalue weighted by molar-refractivity contribution is -0.144. The quantitative estimate of drug-likeness (QED) is 0.147. The first-order chi connectivity index (χ1) is 29.2. The molecule has 19 heteroatoms. The van der Waals surface area contributed by atoms with Crippen LogP contribution in [-0.4, -0.2) is 86.8 Å². The fourth-order valence-electron chi connectivity index (χ4n) is 8.45. The van der Waals surface area contributed by atoms with Crippen LogP contribution in [0.4, 0.5) is 23.0 Å². The van der Waals surface area contributed by atoms with E-state index in [1.54, 1.807) is 62.8 Å². The van der Waals surface area contributed by atoms with Crippen LogP contribution in [0.15, 0.2) is 61.7 Å². The molecule has 1 saturated heterocycles. The highest BCUT2D eigenvalue weighted by Gasteiger charge is 2.34. The fraction of sp³-hybridized carbons (Fsp3) is 0.317. The van der Waals surface area contributed by atoms with Crippen LogP contribution in [0.2, 0.25) is 10.0 Å². The van der Waals surface area contributed by atoms with Gasteiger partial charge in [0.25, 0.3) is 0 Å². The van der Waals surface area contributed by atoms with Gasteiger partial charge in [-0.2, -0.15) is 10.2 Å². The maximum absolute atomic E-state index is 13.2. The summed E-state index contributed by atoms with van der Waals surface area (Å²) in [5, 5.41) is 27.6. The van der Waals surface area contributed by atoms with Gasteiger partial charge in [0.05, 0.1) is 68.4 Å². The summed E-state index contributed by atoms with van der Waals surface area (Å²) in [6.45, 7) is 3.97. The van der Waals surface area contributed by atoms with Crippen LogP contribution in [0.5, 0.6) is 0 Å². The molecule has 0 bridgehead atoms. The van der Waals surface area contributed by atoms with Gasteiger partial charge in [0.1, 0.15) is 34.0 Å². The van der Waals surface area contributed by atoms with Crippen LogP contribution in [-0.2, 0) is 40.0 Å². The van der Waals surface area contributed by atoms with Gasteiger partial charge < -0.3 is 25.4 Å². The Bertz CT molecular complexity index is 2960. The monoisotopic (exact) mass is 881 g/mol. The van der Waals surface area contributed by atoms with Crippen molar-refractivity contribution in [3.63, 3.8) is 0 Å². The number of morpholine rings is 1. The number of amides is 1. The molecule has 9 heterocycles. The van der Waals surface area contributed by atoms with E-state index in [-0.39, 0.29) is 23.8 Å². The highest BCUT2D eigenvalue weighted by atomic mass is 35.5. The largest absolute Gasteiger partial charge is 0.481 e. The first-order valence-corrected chi connectivity index (χ1v) is 22.0. The number of aliphatic carboxylic acids is 1. The van der Waals surface area contributed by atoms with Crippen LogP contribution < -0.4 is 10.6 Å². The number of ether oxygens (including phenoxy) is 1. The highest BCUT2D eigenvalue weighted by molar-refractivity contribution is 7.19. The first kappa shape index (κ1) is 38.7. The maximum atomic E-state index is 13.2. The number of hydrogen-bond donors (Lipinski definition) is 3. The number of thiophene rings is 2. The average molecular weight is 883 g/mol. The second-order valence-corrected chi connectivity index (χ2v) is 18.2. The molecule has 1 aliphatic heterocycles. The number of nitrogens with zero attached hydrogens (tertiary/aromatic N) is 9. The number of hydrogen-bond acceptors (Lipinski definition) is 13. The lowest BCUT2D eigenvalue weighted by Gasteiger charge is -2.36. The molecule has 0 unspecified atom stereocenters. The topological polar surface area (TPSA) is 177 Å². The number of carbonyl (C=O) groups is 2. The Kier molecular flexibility index (Phi) is 10.2. The van der Waals surface area contributed by atoms with Gasteiger partial charge in [0.2, 0.25) is 5.91 Å². The van der Waals surface area contributed by atoms with Crippen molar-refractivity contribution in [3.05, 3.63) is 92.6 Å². The number of carboxylic acids is 1. The second kappa shape index (κ2) is 15.9. The molecule has 8 aromatic rings. The number of carboxylic acid groups (broad SMARTS) is 1. The van der Waals surface area contributed by atoms with E-state index in [4.69, 9.17) is 27.9 Å². The average Bonchev–Trinajstić information content (AvgIpc) is 4.06. The predicted octanol–water partition coefficient (Wildman–Crippen LogP) is 8.01. The molecule has 0 spiro atoms. The van der Waals surface area contributed by atoms with Crippen LogP contribution in [0, 0.1) is 11.8 Å². The normalized spacial score (nSPS) is 18.9. The Morgan fingerprint density at radius 3 is 1.87 bits per heavy atom. The van der Waals surface area contributed by atoms with E-state index in [0.717, 1.165) is 78.4 Å². The van der Waals surface area contributed by atoms with Crippen molar-refractivity contribution in [3.8, 4) is 0 Å². The van der Waals surface area contributed by atoms with Gasteiger partial charge in [-0.15, -0.1) is 22.7 Å². The maximum Gasteiger partial charge on any atom is 0.306 e. The number of carbonyl (C=O) groups excluding carboxylic acids is 1. The van der Waals surface area contributed by atoms with Gasteiger partial charge in [0.15, 0.2) is 0 Å². The Labute approximate surface area is 360 Å². The Morgan fingerprint density at radius 1 is 0.800 bits per heavy atom. The molecule has 1 fully saturated rings. The summed E-state index contributed by atoms with van der Waals surface area (Å²) in [7, 11) is 0. The smallest absolute Gasteiger partial charge is 0.306 e. The van der Waals surface area contributed by atoms with E-state index in [1.165, 1.54) is 16.8 Å². The summed E-state index contributed by atoms with van der Waals surface area (Å²) in [5.74, 6) is 0.636. The molecule has 60 heavy (non-hydrogen) atoms. The van der Waals surface area contributed by atoms with Crippen molar-refractivity contribution < 1.29 is 19.4 Å². The van der Waals surface area contributed by atoms with Crippen molar-refractivity contribution in [1.29, 1.82) is 0 Å². The number of aromatic nitrogens is 8. The van der Waals surface area contributed by atoms with E-state index < -0.39 is 5.97 Å². The fourth-order valence-corrected chi connectivity index (χ4v) is 11.4. The van der Waals surface area contributed by atoms with Crippen LogP contribution in [0.1, 0.15) is 40.6 Å². The summed E-state index contributed by atoms with van der Waals surface area (Å²) in [5.41, 5.74) is 5.77. The van der Waals surface area contributed by atoms with E-state index in [2.05, 4.69) is 47.7 Å². The van der Waals surface area contributed by atoms with E-state index in [9.17, 15) is 14.7 Å². The van der Waals surface area contributed by atoms with E-state index >= 15 is 0 Å². The van der Waals surface area contributed by atoms with Gasteiger partial charge in [0, 0.05) is 47.0 Å². The standard InChI is InChI=1S/C23H23ClN6O2S.C18H14ClN5O2S/c1-13-11-32-7-6-29(13)23(31)14-2-3-16-19(8-14)33-22-20(16)21(25-12-26-22)28-18-9-15-4-5-27-30(15)10-17(18)24;19-12-7-24-10(3-4-22-24)6-13(12)23-16-15-11-2-1-9(18(25)26)5-14(11)27-17(15)21-8-20-16/h4-5,9-10,12-14H,2-3,6-8,11H2,1H3,(H,25,26,28);3-4,6-9H,1-2,5H2,(H,25,26)(H,20,21,23)/t13-,14+;9-/m10/s1. The third kappa shape index (κ3) is 7.17. The lowest BCUT2D eigenvalue weighted by Crippen LogP contribution is -2.50. The number of anilines is 4. The summed E-state index contributed by atoms with van der Waals surface area (Å²) >= 11 is 16.1. The Balaban J connectivity index is 0.000000147. The minimum Gasteiger partial charge on any atom is -0.481 e. The number of rotatable bonds is 6. The van der Waals surface area contributed by atoms with Crippen molar-refractivity contribution in [2.24, 2.45) is 11.8 Å². The van der Waals surface area contributed by atoms with Crippen molar-refractivity contribution in [1.82, 2.24) is 44.1 Å². The summed E-state index contributed by atoms with van der Waals surface area (Å²) in [4.78, 5) is 48.6.